The van der Waals surface area contributed by atoms with Crippen LogP contribution in [0.4, 0.5) is 23.0 Å². The Kier molecular flexibility index (Phi) is 7.52. The number of nitrogens with zero attached hydrogens (tertiary/aromatic N) is 5. The maximum atomic E-state index is 13.3. The van der Waals surface area contributed by atoms with E-state index in [-0.39, 0.29) is 5.56 Å². The van der Waals surface area contributed by atoms with Crippen molar-refractivity contribution in [3.63, 3.8) is 0 Å². The Labute approximate surface area is 233 Å². The summed E-state index contributed by atoms with van der Waals surface area (Å²) in [5.74, 6) is 2.03. The zero-order chi connectivity index (χ0) is 27.5. The van der Waals surface area contributed by atoms with E-state index < -0.39 is 0 Å². The van der Waals surface area contributed by atoms with Crippen LogP contribution in [0.25, 0.3) is 21.9 Å². The largest absolute Gasteiger partial charge is 0.495 e. The number of morpholine rings is 1. The highest BCUT2D eigenvalue weighted by Gasteiger charge is 2.21. The Balaban J connectivity index is 1.43. The van der Waals surface area contributed by atoms with Crippen molar-refractivity contribution in [3.8, 4) is 16.9 Å². The first-order valence-electron chi connectivity index (χ1n) is 13.9. The molecule has 0 amide bonds. The van der Waals surface area contributed by atoms with Crippen LogP contribution in [0.1, 0.15) is 6.92 Å². The van der Waals surface area contributed by atoms with Gasteiger partial charge in [0, 0.05) is 79.6 Å². The Hall–Kier alpha value is -4.15. The van der Waals surface area contributed by atoms with Crippen molar-refractivity contribution in [1.29, 1.82) is 0 Å². The van der Waals surface area contributed by atoms with Crippen molar-refractivity contribution in [2.45, 2.75) is 6.92 Å². The van der Waals surface area contributed by atoms with Gasteiger partial charge in [0.15, 0.2) is 0 Å². The number of hydrogen-bond donors (Lipinski definition) is 2. The van der Waals surface area contributed by atoms with Crippen molar-refractivity contribution < 1.29 is 9.47 Å². The Morgan fingerprint density at radius 3 is 2.50 bits per heavy atom. The minimum atomic E-state index is -0.197. The molecule has 1 aromatic carbocycles. The molecule has 2 N–H and O–H groups in total. The van der Waals surface area contributed by atoms with Crippen LogP contribution in [-0.4, -0.2) is 86.0 Å². The van der Waals surface area contributed by atoms with Crippen molar-refractivity contribution >= 4 is 33.8 Å². The Bertz CT molecular complexity index is 1530. The third kappa shape index (κ3) is 5.32. The lowest BCUT2D eigenvalue weighted by Gasteiger charge is -2.35. The number of aromatic amines is 1. The van der Waals surface area contributed by atoms with Crippen molar-refractivity contribution in [2.75, 3.05) is 81.3 Å². The zero-order valence-corrected chi connectivity index (χ0v) is 23.0. The molecule has 0 radical (unpaired) electrons. The van der Waals surface area contributed by atoms with Crippen molar-refractivity contribution in [3.05, 3.63) is 65.3 Å². The van der Waals surface area contributed by atoms with E-state index in [0.29, 0.717) is 17.0 Å². The molecule has 2 aliphatic rings. The quantitative estimate of drug-likeness (QED) is 0.363. The fourth-order valence-corrected chi connectivity index (χ4v) is 5.44. The molecule has 5 heterocycles. The molecule has 4 aromatic rings. The van der Waals surface area contributed by atoms with Gasteiger partial charge in [0.05, 0.1) is 31.9 Å². The number of aromatic nitrogens is 3. The van der Waals surface area contributed by atoms with Gasteiger partial charge in [-0.15, -0.1) is 0 Å². The molecule has 0 saturated carbocycles. The molecule has 40 heavy (non-hydrogen) atoms. The average molecular weight is 542 g/mol. The lowest BCUT2D eigenvalue weighted by atomic mass is 10.0. The summed E-state index contributed by atoms with van der Waals surface area (Å²) in [5, 5.41) is 4.79. The second-order valence-electron chi connectivity index (χ2n) is 10.1. The number of hydrogen-bond acceptors (Lipinski definition) is 9. The van der Waals surface area contributed by atoms with Crippen LogP contribution < -0.4 is 25.4 Å². The first-order valence-corrected chi connectivity index (χ1v) is 13.9. The van der Waals surface area contributed by atoms with Crippen LogP contribution >= 0.6 is 0 Å². The van der Waals surface area contributed by atoms with Crippen LogP contribution in [0.5, 0.6) is 5.75 Å². The Morgan fingerprint density at radius 1 is 1.00 bits per heavy atom. The molecule has 0 atom stereocenters. The molecule has 10 nitrogen and oxygen atoms in total. The molecule has 2 saturated heterocycles. The van der Waals surface area contributed by atoms with Gasteiger partial charge in [0.25, 0.3) is 5.56 Å². The maximum absolute atomic E-state index is 13.3. The number of methoxy groups -OCH3 is 1. The predicted molar refractivity (Wildman–Crippen MR) is 159 cm³/mol. The highest BCUT2D eigenvalue weighted by Crippen LogP contribution is 2.34. The molecule has 0 bridgehead atoms. The van der Waals surface area contributed by atoms with E-state index >= 15 is 0 Å². The van der Waals surface area contributed by atoms with Gasteiger partial charge in [-0.05, 0) is 42.9 Å². The van der Waals surface area contributed by atoms with E-state index in [9.17, 15) is 4.79 Å². The molecule has 2 aliphatic heterocycles. The summed E-state index contributed by atoms with van der Waals surface area (Å²) in [6.07, 6.45) is 5.21. The number of H-pyrrole nitrogens is 1. The third-order valence-corrected chi connectivity index (χ3v) is 7.78. The van der Waals surface area contributed by atoms with Gasteiger partial charge in [-0.3, -0.25) is 9.78 Å². The van der Waals surface area contributed by atoms with Crippen LogP contribution in [0.3, 0.4) is 0 Å². The van der Waals surface area contributed by atoms with E-state index in [1.807, 2.05) is 24.3 Å². The summed E-state index contributed by atoms with van der Waals surface area (Å²) >= 11 is 0. The summed E-state index contributed by atoms with van der Waals surface area (Å²) in [4.78, 5) is 32.7. The molecule has 208 valence electrons. The molecule has 2 fully saturated rings. The summed E-state index contributed by atoms with van der Waals surface area (Å²) in [5.41, 5.74) is 3.54. The zero-order valence-electron chi connectivity index (χ0n) is 23.0. The number of nitrogens with one attached hydrogen (secondary N) is 2. The van der Waals surface area contributed by atoms with Gasteiger partial charge < -0.3 is 34.5 Å². The fourth-order valence-electron chi connectivity index (χ4n) is 5.44. The van der Waals surface area contributed by atoms with Gasteiger partial charge in [0.2, 0.25) is 0 Å². The molecule has 3 aromatic heterocycles. The minimum absolute atomic E-state index is 0.197. The highest BCUT2D eigenvalue weighted by atomic mass is 16.5. The van der Waals surface area contributed by atoms with Gasteiger partial charge >= 0.3 is 0 Å². The average Bonchev–Trinajstić information content (AvgIpc) is 3.02. The molecule has 10 heteroatoms. The lowest BCUT2D eigenvalue weighted by Crippen LogP contribution is -2.46. The van der Waals surface area contributed by atoms with E-state index in [1.54, 1.807) is 25.7 Å². The summed E-state index contributed by atoms with van der Waals surface area (Å²) in [7, 11) is 1.62. The number of rotatable bonds is 7. The predicted octanol–water partition coefficient (Wildman–Crippen LogP) is 3.72. The molecule has 6 rings (SSSR count). The van der Waals surface area contributed by atoms with E-state index in [1.165, 1.54) is 0 Å². The van der Waals surface area contributed by atoms with E-state index in [0.717, 1.165) is 92.7 Å². The second-order valence-corrected chi connectivity index (χ2v) is 10.1. The minimum Gasteiger partial charge on any atom is -0.495 e. The number of benzene rings is 1. The maximum Gasteiger partial charge on any atom is 0.259 e. The highest BCUT2D eigenvalue weighted by molar-refractivity contribution is 6.03. The second kappa shape index (κ2) is 11.5. The molecule has 0 unspecified atom stereocenters. The van der Waals surface area contributed by atoms with Gasteiger partial charge in [0.1, 0.15) is 17.4 Å². The molecule has 0 aliphatic carbocycles. The molecular formula is C30H35N7O3. The van der Waals surface area contributed by atoms with E-state index in [4.69, 9.17) is 14.5 Å². The monoisotopic (exact) mass is 541 g/mol. The smallest absolute Gasteiger partial charge is 0.259 e. The lowest BCUT2D eigenvalue weighted by molar-refractivity contribution is 0.122. The number of likely N-dealkylation sites (N-methyl/N-ethyl adjacent to an activating group) is 1. The van der Waals surface area contributed by atoms with Gasteiger partial charge in [-0.1, -0.05) is 6.92 Å². The number of ether oxygens (including phenoxy) is 2. The fraction of sp³-hybridized carbons (Fsp3) is 0.367. The summed E-state index contributed by atoms with van der Waals surface area (Å²) < 4.78 is 10.9. The van der Waals surface area contributed by atoms with Crippen LogP contribution in [0, 0.1) is 0 Å². The van der Waals surface area contributed by atoms with E-state index in [2.05, 4.69) is 49.0 Å². The number of pyridine rings is 3. The topological polar surface area (TPSA) is 98.8 Å². The van der Waals surface area contributed by atoms with Gasteiger partial charge in [-0.25, -0.2) is 4.98 Å². The van der Waals surface area contributed by atoms with Crippen molar-refractivity contribution in [1.82, 2.24) is 19.9 Å². The van der Waals surface area contributed by atoms with Crippen molar-refractivity contribution in [2.24, 2.45) is 0 Å². The van der Waals surface area contributed by atoms with Crippen LogP contribution in [0.15, 0.2) is 59.8 Å². The van der Waals surface area contributed by atoms with Gasteiger partial charge in [-0.2, -0.15) is 0 Å². The Morgan fingerprint density at radius 2 is 1.77 bits per heavy atom. The number of fused-ring (bicyclic) bond motifs is 1. The molecule has 0 spiro atoms. The van der Waals surface area contributed by atoms with Crippen LogP contribution in [-0.2, 0) is 4.74 Å². The number of piperazine rings is 1. The SMILES string of the molecule is CCN1CCN(c2cc3c(-c4cncc(OC)c4)c[nH]c(=O)c3c(Nc3ccc(N4CCOCC4)cc3)n2)CC1. The first kappa shape index (κ1) is 26.1. The van der Waals surface area contributed by atoms with Crippen LogP contribution in [0.2, 0.25) is 0 Å². The number of anilines is 4. The summed E-state index contributed by atoms with van der Waals surface area (Å²) in [6.45, 7) is 10.2. The first-order chi connectivity index (χ1) is 19.6. The third-order valence-electron chi connectivity index (χ3n) is 7.78. The molecular weight excluding hydrogens is 506 g/mol. The standard InChI is InChI=1S/C30H35N7O3/c1-3-35-8-10-37(11-9-35)27-17-25-26(21-16-24(39-2)19-31-18-21)20-32-30(38)28(25)29(34-27)33-22-4-6-23(7-5-22)36-12-14-40-15-13-36/h4-7,16-20H,3,8-15H2,1-2H3,(H,32,38)(H,33,34). The normalized spacial score (nSPS) is 16.4. The summed E-state index contributed by atoms with van der Waals surface area (Å²) in [6, 6.07) is 12.2.